The maximum absolute atomic E-state index is 12.6. The number of benzene rings is 1. The Labute approximate surface area is 156 Å². The maximum atomic E-state index is 12.6. The lowest BCUT2D eigenvalue weighted by atomic mass is 9.97. The van der Waals surface area contributed by atoms with Crippen molar-refractivity contribution in [3.05, 3.63) is 23.8 Å². The number of amides is 1. The van der Waals surface area contributed by atoms with Gasteiger partial charge in [0.15, 0.2) is 0 Å². The average molecular weight is 365 g/mol. The van der Waals surface area contributed by atoms with Crippen LogP contribution in [0, 0.1) is 0 Å². The molecule has 1 aromatic carbocycles. The summed E-state index contributed by atoms with van der Waals surface area (Å²) in [5, 5.41) is 2.83. The van der Waals surface area contributed by atoms with Crippen LogP contribution in [0.15, 0.2) is 18.2 Å². The number of ether oxygens (including phenoxy) is 3. The lowest BCUT2D eigenvalue weighted by Crippen LogP contribution is -2.41. The van der Waals surface area contributed by atoms with Crippen molar-refractivity contribution in [2.24, 2.45) is 0 Å². The third kappa shape index (κ3) is 6.02. The summed E-state index contributed by atoms with van der Waals surface area (Å²) in [7, 11) is 2.84. The number of nitrogens with one attached hydrogen (secondary N) is 1. The molecule has 0 aliphatic rings. The zero-order valence-electron chi connectivity index (χ0n) is 16.5. The van der Waals surface area contributed by atoms with E-state index in [0.29, 0.717) is 24.5 Å². The van der Waals surface area contributed by atoms with Gasteiger partial charge in [-0.1, -0.05) is 33.1 Å². The van der Waals surface area contributed by atoms with Crippen LogP contribution in [0.4, 0.5) is 5.69 Å². The second kappa shape index (κ2) is 10.8. The van der Waals surface area contributed by atoms with Crippen molar-refractivity contribution in [3.8, 4) is 5.75 Å². The second-order valence-corrected chi connectivity index (χ2v) is 6.40. The van der Waals surface area contributed by atoms with Gasteiger partial charge in [-0.15, -0.1) is 0 Å². The van der Waals surface area contributed by atoms with E-state index >= 15 is 0 Å². The molecule has 26 heavy (non-hydrogen) atoms. The Morgan fingerprint density at radius 2 is 1.81 bits per heavy atom. The zero-order valence-corrected chi connectivity index (χ0v) is 16.5. The van der Waals surface area contributed by atoms with E-state index < -0.39 is 11.6 Å². The van der Waals surface area contributed by atoms with Gasteiger partial charge in [-0.25, -0.2) is 4.79 Å². The van der Waals surface area contributed by atoms with Gasteiger partial charge in [0.25, 0.3) is 5.91 Å². The van der Waals surface area contributed by atoms with Gasteiger partial charge in [-0.2, -0.15) is 0 Å². The van der Waals surface area contributed by atoms with Gasteiger partial charge in [-0.05, 0) is 38.0 Å². The van der Waals surface area contributed by atoms with Crippen molar-refractivity contribution in [3.63, 3.8) is 0 Å². The Morgan fingerprint density at radius 3 is 2.38 bits per heavy atom. The molecule has 0 aromatic heterocycles. The van der Waals surface area contributed by atoms with Crippen LogP contribution in [0.5, 0.6) is 5.75 Å². The van der Waals surface area contributed by atoms with Crippen LogP contribution in [0.2, 0.25) is 0 Å². The van der Waals surface area contributed by atoms with Gasteiger partial charge in [-0.3, -0.25) is 4.79 Å². The van der Waals surface area contributed by atoms with Gasteiger partial charge in [0.1, 0.15) is 16.9 Å². The molecule has 1 N–H and O–H groups in total. The van der Waals surface area contributed by atoms with E-state index in [1.54, 1.807) is 25.1 Å². The van der Waals surface area contributed by atoms with E-state index in [4.69, 9.17) is 14.2 Å². The third-order valence-corrected chi connectivity index (χ3v) is 4.34. The number of hydrogen-bond donors (Lipinski definition) is 1. The molecule has 0 aliphatic heterocycles. The summed E-state index contributed by atoms with van der Waals surface area (Å²) in [6.45, 7) is 6.41. The molecule has 146 valence electrons. The molecule has 1 amide bonds. The molecule has 0 heterocycles. The Bertz CT molecular complexity index is 602. The number of esters is 1. The quantitative estimate of drug-likeness (QED) is 0.470. The zero-order chi connectivity index (χ0) is 19.6. The topological polar surface area (TPSA) is 73.9 Å². The largest absolute Gasteiger partial charge is 0.493 e. The van der Waals surface area contributed by atoms with Crippen LogP contribution >= 0.6 is 0 Å². The summed E-state index contributed by atoms with van der Waals surface area (Å²) in [6, 6.07) is 4.95. The summed E-state index contributed by atoms with van der Waals surface area (Å²) in [4.78, 5) is 24.7. The van der Waals surface area contributed by atoms with Crippen LogP contribution in [0.1, 0.15) is 63.2 Å². The summed E-state index contributed by atoms with van der Waals surface area (Å²) in [6.07, 6.45) is 4.36. The van der Waals surface area contributed by atoms with Crippen LogP contribution in [0.25, 0.3) is 0 Å². The fourth-order valence-corrected chi connectivity index (χ4v) is 2.42. The van der Waals surface area contributed by atoms with Gasteiger partial charge < -0.3 is 19.5 Å². The minimum atomic E-state index is -0.919. The lowest BCUT2D eigenvalue weighted by molar-refractivity contribution is -0.136. The van der Waals surface area contributed by atoms with Crippen LogP contribution in [-0.2, 0) is 14.3 Å². The molecule has 0 radical (unpaired) electrons. The Kier molecular flexibility index (Phi) is 9.13. The first-order valence-electron chi connectivity index (χ1n) is 9.13. The standard InChI is InChI=1S/C20H31NO5/c1-6-8-12-20(3,25-5)19(23)21-15-10-11-17(26-13-9-7-2)16(14-15)18(22)24-4/h10-11,14H,6-9,12-13H2,1-5H3,(H,21,23). The predicted molar refractivity (Wildman–Crippen MR) is 102 cm³/mol. The van der Waals surface area contributed by atoms with Crippen molar-refractivity contribution < 1.29 is 23.8 Å². The molecule has 0 saturated heterocycles. The van der Waals surface area contributed by atoms with E-state index in [-0.39, 0.29) is 11.5 Å². The van der Waals surface area contributed by atoms with Crippen LogP contribution < -0.4 is 10.1 Å². The van der Waals surface area contributed by atoms with Gasteiger partial charge >= 0.3 is 5.97 Å². The molecule has 0 saturated carbocycles. The maximum Gasteiger partial charge on any atom is 0.341 e. The SMILES string of the molecule is CCCCOc1ccc(NC(=O)C(C)(CCCC)OC)cc1C(=O)OC. The minimum absolute atomic E-state index is 0.246. The minimum Gasteiger partial charge on any atom is -0.493 e. The first kappa shape index (κ1) is 22.0. The number of anilines is 1. The first-order chi connectivity index (χ1) is 12.4. The predicted octanol–water partition coefficient (Wildman–Crippen LogP) is 4.19. The van der Waals surface area contributed by atoms with Crippen molar-refractivity contribution >= 4 is 17.6 Å². The highest BCUT2D eigenvalue weighted by Gasteiger charge is 2.32. The number of unbranched alkanes of at least 4 members (excludes halogenated alkanes) is 2. The van der Waals surface area contributed by atoms with E-state index in [2.05, 4.69) is 19.2 Å². The smallest absolute Gasteiger partial charge is 0.341 e. The molecule has 1 atom stereocenters. The molecular weight excluding hydrogens is 334 g/mol. The number of methoxy groups -OCH3 is 2. The summed E-state index contributed by atoms with van der Waals surface area (Å²) >= 11 is 0. The van der Waals surface area contributed by atoms with Crippen molar-refractivity contribution in [2.45, 2.75) is 58.5 Å². The summed E-state index contributed by atoms with van der Waals surface area (Å²) < 4.78 is 15.9. The summed E-state index contributed by atoms with van der Waals surface area (Å²) in [5.41, 5.74) is -0.135. The molecule has 1 rings (SSSR count). The van der Waals surface area contributed by atoms with E-state index in [1.807, 2.05) is 0 Å². The first-order valence-corrected chi connectivity index (χ1v) is 9.13. The average Bonchev–Trinajstić information content (AvgIpc) is 2.66. The highest BCUT2D eigenvalue weighted by atomic mass is 16.5. The molecule has 6 heteroatoms. The van der Waals surface area contributed by atoms with Crippen LogP contribution in [0.3, 0.4) is 0 Å². The van der Waals surface area contributed by atoms with Crippen molar-refractivity contribution in [2.75, 3.05) is 26.1 Å². The molecule has 1 aromatic rings. The molecule has 0 bridgehead atoms. The molecule has 0 spiro atoms. The van der Waals surface area contributed by atoms with Gasteiger partial charge in [0.2, 0.25) is 0 Å². The van der Waals surface area contributed by atoms with E-state index in [1.165, 1.54) is 14.2 Å². The highest BCUT2D eigenvalue weighted by Crippen LogP contribution is 2.26. The fraction of sp³-hybridized carbons (Fsp3) is 0.600. The third-order valence-electron chi connectivity index (χ3n) is 4.34. The second-order valence-electron chi connectivity index (χ2n) is 6.40. The Balaban J connectivity index is 2.99. The van der Waals surface area contributed by atoms with Gasteiger partial charge in [0, 0.05) is 12.8 Å². The van der Waals surface area contributed by atoms with Gasteiger partial charge in [0.05, 0.1) is 13.7 Å². The number of rotatable bonds is 11. The van der Waals surface area contributed by atoms with Crippen LogP contribution in [-0.4, -0.2) is 38.3 Å². The van der Waals surface area contributed by atoms with Crippen molar-refractivity contribution in [1.82, 2.24) is 0 Å². The fourth-order valence-electron chi connectivity index (χ4n) is 2.42. The molecular formula is C20H31NO5. The lowest BCUT2D eigenvalue weighted by Gasteiger charge is -2.27. The Hall–Kier alpha value is -2.08. The normalized spacial score (nSPS) is 13.0. The molecule has 0 aliphatic carbocycles. The molecule has 6 nitrogen and oxygen atoms in total. The summed E-state index contributed by atoms with van der Waals surface area (Å²) in [5.74, 6) is -0.305. The monoisotopic (exact) mass is 365 g/mol. The molecule has 1 unspecified atom stereocenters. The Morgan fingerprint density at radius 1 is 1.12 bits per heavy atom. The van der Waals surface area contributed by atoms with Crippen molar-refractivity contribution in [1.29, 1.82) is 0 Å². The number of carbonyl (C=O) groups excluding carboxylic acids is 2. The van der Waals surface area contributed by atoms with E-state index in [9.17, 15) is 9.59 Å². The molecule has 0 fully saturated rings. The van der Waals surface area contributed by atoms with E-state index in [0.717, 1.165) is 25.7 Å². The number of hydrogen-bond acceptors (Lipinski definition) is 5. The number of carbonyl (C=O) groups is 2. The highest BCUT2D eigenvalue weighted by molar-refractivity contribution is 5.99.